The Morgan fingerprint density at radius 3 is 2.64 bits per heavy atom. The number of nitrogens with zero attached hydrogens (tertiary/aromatic N) is 1. The first-order chi connectivity index (χ1) is 10.5. The summed E-state index contributed by atoms with van der Waals surface area (Å²) in [5, 5.41) is 9.08. The normalized spacial score (nSPS) is 12.0. The summed E-state index contributed by atoms with van der Waals surface area (Å²) in [6.45, 7) is 5.35. The quantitative estimate of drug-likeness (QED) is 0.677. The van der Waals surface area contributed by atoms with Crippen molar-refractivity contribution in [2.75, 3.05) is 26.3 Å². The summed E-state index contributed by atoms with van der Waals surface area (Å²) in [5.41, 5.74) is 0.538. The fraction of sp³-hybridized carbons (Fsp3) is 0.500. The molecule has 0 aliphatic heterocycles. The third kappa shape index (κ3) is 5.77. The molecule has 0 radical (unpaired) electrons. The molecule has 22 heavy (non-hydrogen) atoms. The van der Waals surface area contributed by atoms with Gasteiger partial charge in [-0.1, -0.05) is 19.1 Å². The van der Waals surface area contributed by atoms with E-state index in [0.717, 1.165) is 0 Å². The summed E-state index contributed by atoms with van der Waals surface area (Å²) in [4.78, 5) is 25.3. The fourth-order valence-corrected chi connectivity index (χ4v) is 2.45. The maximum atomic E-state index is 12.6. The second-order valence-electron chi connectivity index (χ2n) is 5.02. The molecule has 1 atom stereocenters. The molecule has 1 rings (SSSR count). The molecule has 0 saturated carbocycles. The Bertz CT molecular complexity index is 507. The van der Waals surface area contributed by atoms with E-state index in [4.69, 9.17) is 9.84 Å². The number of aliphatic carboxylic acids is 1. The maximum Gasteiger partial charge on any atom is 0.308 e. The highest BCUT2D eigenvalue weighted by Gasteiger charge is 2.22. The summed E-state index contributed by atoms with van der Waals surface area (Å²) in [6.07, 6.45) is 0.677. The zero-order chi connectivity index (χ0) is 16.5. The zero-order valence-corrected chi connectivity index (χ0v) is 14.5. The number of hydrogen-bond donors (Lipinski definition) is 1. The van der Waals surface area contributed by atoms with E-state index < -0.39 is 11.9 Å². The Morgan fingerprint density at radius 1 is 1.36 bits per heavy atom. The Morgan fingerprint density at radius 2 is 2.05 bits per heavy atom. The molecular weight excluding hydrogens is 350 g/mol. The van der Waals surface area contributed by atoms with Gasteiger partial charge in [-0.25, -0.2) is 0 Å². The number of carboxylic acids is 1. The van der Waals surface area contributed by atoms with Crippen LogP contribution in [-0.4, -0.2) is 48.2 Å². The van der Waals surface area contributed by atoms with Gasteiger partial charge >= 0.3 is 5.97 Å². The third-order valence-corrected chi connectivity index (χ3v) is 3.92. The van der Waals surface area contributed by atoms with E-state index in [2.05, 4.69) is 15.9 Å². The summed E-state index contributed by atoms with van der Waals surface area (Å²) >= 11 is 3.36. The van der Waals surface area contributed by atoms with Crippen LogP contribution < -0.4 is 0 Å². The monoisotopic (exact) mass is 371 g/mol. The molecule has 0 aromatic heterocycles. The Labute approximate surface area is 139 Å². The second-order valence-corrected chi connectivity index (χ2v) is 5.88. The minimum absolute atomic E-state index is 0.169. The summed E-state index contributed by atoms with van der Waals surface area (Å²) < 4.78 is 5.99. The molecule has 1 unspecified atom stereocenters. The Balaban J connectivity index is 2.81. The Hall–Kier alpha value is -1.40. The summed E-state index contributed by atoms with van der Waals surface area (Å²) in [6, 6.07) is 7.15. The van der Waals surface area contributed by atoms with Crippen molar-refractivity contribution >= 4 is 27.8 Å². The van der Waals surface area contributed by atoms with E-state index in [1.807, 2.05) is 13.0 Å². The van der Waals surface area contributed by atoms with E-state index in [0.29, 0.717) is 36.2 Å². The van der Waals surface area contributed by atoms with Gasteiger partial charge in [-0.05, 0) is 41.4 Å². The van der Waals surface area contributed by atoms with Crippen LogP contribution in [0.4, 0.5) is 0 Å². The lowest BCUT2D eigenvalue weighted by molar-refractivity contribution is -0.141. The lowest BCUT2D eigenvalue weighted by Gasteiger charge is -2.25. The van der Waals surface area contributed by atoms with Crippen molar-refractivity contribution in [1.29, 1.82) is 0 Å². The molecule has 0 spiro atoms. The lowest BCUT2D eigenvalue weighted by atomic mass is 10.1. The molecule has 1 aromatic carbocycles. The smallest absolute Gasteiger partial charge is 0.308 e. The van der Waals surface area contributed by atoms with Crippen molar-refractivity contribution in [3.05, 3.63) is 34.3 Å². The molecule has 0 bridgehead atoms. The highest BCUT2D eigenvalue weighted by atomic mass is 79.9. The van der Waals surface area contributed by atoms with Crippen LogP contribution in [0.5, 0.6) is 0 Å². The van der Waals surface area contributed by atoms with Gasteiger partial charge in [0, 0.05) is 30.8 Å². The van der Waals surface area contributed by atoms with E-state index in [1.165, 1.54) is 0 Å². The SMILES string of the molecule is CCOCCCN(CC(C)C(=O)O)C(=O)c1ccccc1Br. The van der Waals surface area contributed by atoms with Crippen LogP contribution >= 0.6 is 15.9 Å². The predicted octanol–water partition coefficient (Wildman–Crippen LogP) is 3.04. The van der Waals surface area contributed by atoms with Gasteiger partial charge in [0.05, 0.1) is 11.5 Å². The van der Waals surface area contributed by atoms with Gasteiger partial charge in [0.2, 0.25) is 0 Å². The van der Waals surface area contributed by atoms with Crippen molar-refractivity contribution in [2.45, 2.75) is 20.3 Å². The minimum atomic E-state index is -0.908. The number of carboxylic acid groups (broad SMARTS) is 1. The molecule has 1 N–H and O–H groups in total. The molecule has 122 valence electrons. The highest BCUT2D eigenvalue weighted by molar-refractivity contribution is 9.10. The van der Waals surface area contributed by atoms with Crippen molar-refractivity contribution in [2.24, 2.45) is 5.92 Å². The van der Waals surface area contributed by atoms with Crippen LogP contribution in [0.3, 0.4) is 0 Å². The van der Waals surface area contributed by atoms with Gasteiger partial charge in [0.15, 0.2) is 0 Å². The van der Waals surface area contributed by atoms with Crippen LogP contribution in [0.25, 0.3) is 0 Å². The number of carbonyl (C=O) groups is 2. The highest BCUT2D eigenvalue weighted by Crippen LogP contribution is 2.19. The maximum absolute atomic E-state index is 12.6. The molecule has 5 nitrogen and oxygen atoms in total. The van der Waals surface area contributed by atoms with Crippen molar-refractivity contribution in [1.82, 2.24) is 4.90 Å². The van der Waals surface area contributed by atoms with Crippen molar-refractivity contribution < 1.29 is 19.4 Å². The van der Waals surface area contributed by atoms with E-state index in [9.17, 15) is 9.59 Å². The summed E-state index contributed by atoms with van der Waals surface area (Å²) in [5.74, 6) is -1.69. The third-order valence-electron chi connectivity index (χ3n) is 3.23. The number of carbonyl (C=O) groups excluding carboxylic acids is 1. The van der Waals surface area contributed by atoms with Gasteiger partial charge in [-0.15, -0.1) is 0 Å². The Kier molecular flexibility index (Phi) is 8.12. The van der Waals surface area contributed by atoms with Crippen molar-refractivity contribution in [3.8, 4) is 0 Å². The van der Waals surface area contributed by atoms with Crippen LogP contribution in [0, 0.1) is 5.92 Å². The summed E-state index contributed by atoms with van der Waals surface area (Å²) in [7, 11) is 0. The number of hydrogen-bond acceptors (Lipinski definition) is 3. The largest absolute Gasteiger partial charge is 0.481 e. The van der Waals surface area contributed by atoms with Crippen LogP contribution in [0.2, 0.25) is 0 Å². The topological polar surface area (TPSA) is 66.8 Å². The van der Waals surface area contributed by atoms with Gasteiger partial charge in [-0.3, -0.25) is 9.59 Å². The first-order valence-corrected chi connectivity index (χ1v) is 8.11. The van der Waals surface area contributed by atoms with Crippen LogP contribution in [0.1, 0.15) is 30.6 Å². The number of benzene rings is 1. The average Bonchev–Trinajstić information content (AvgIpc) is 2.49. The molecule has 1 amide bonds. The molecule has 6 heteroatoms. The number of rotatable bonds is 9. The molecule has 0 fully saturated rings. The number of amides is 1. The second kappa shape index (κ2) is 9.58. The van der Waals surface area contributed by atoms with Gasteiger partial charge in [-0.2, -0.15) is 0 Å². The van der Waals surface area contributed by atoms with Crippen molar-refractivity contribution in [3.63, 3.8) is 0 Å². The fourth-order valence-electron chi connectivity index (χ4n) is 1.99. The molecule has 0 aliphatic rings. The predicted molar refractivity (Wildman–Crippen MR) is 88.0 cm³/mol. The molecular formula is C16H22BrNO4. The van der Waals surface area contributed by atoms with E-state index in [1.54, 1.807) is 30.0 Å². The van der Waals surface area contributed by atoms with Crippen LogP contribution in [0.15, 0.2) is 28.7 Å². The van der Waals surface area contributed by atoms with Gasteiger partial charge in [0.1, 0.15) is 0 Å². The van der Waals surface area contributed by atoms with E-state index in [-0.39, 0.29) is 12.5 Å². The number of halogens is 1. The minimum Gasteiger partial charge on any atom is -0.481 e. The van der Waals surface area contributed by atoms with Gasteiger partial charge in [0.25, 0.3) is 5.91 Å². The first-order valence-electron chi connectivity index (χ1n) is 7.31. The molecule has 0 saturated heterocycles. The zero-order valence-electron chi connectivity index (χ0n) is 12.9. The lowest BCUT2D eigenvalue weighted by Crippen LogP contribution is -2.38. The standard InChI is InChI=1S/C16H22BrNO4/c1-3-22-10-6-9-18(11-12(2)16(20)21)15(19)13-7-4-5-8-14(13)17/h4-5,7-8,12H,3,6,9-11H2,1-2H3,(H,20,21). The van der Waals surface area contributed by atoms with E-state index >= 15 is 0 Å². The van der Waals surface area contributed by atoms with Crippen LogP contribution in [-0.2, 0) is 9.53 Å². The molecule has 0 heterocycles. The molecule has 1 aromatic rings. The molecule has 0 aliphatic carbocycles. The van der Waals surface area contributed by atoms with Gasteiger partial charge < -0.3 is 14.7 Å². The first kappa shape index (κ1) is 18.6. The number of ether oxygens (including phenoxy) is 1. The average molecular weight is 372 g/mol.